The molecule has 1 unspecified atom stereocenters. The molecule has 1 aromatic carbocycles. The van der Waals surface area contributed by atoms with Crippen LogP contribution in [0.3, 0.4) is 0 Å². The first-order valence-electron chi connectivity index (χ1n) is 7.57. The highest BCUT2D eigenvalue weighted by molar-refractivity contribution is 7.91. The molecule has 0 radical (unpaired) electrons. The van der Waals surface area contributed by atoms with Gasteiger partial charge in [0.05, 0.1) is 29.7 Å². The van der Waals surface area contributed by atoms with Gasteiger partial charge < -0.3 is 9.09 Å². The SMILES string of the molecule is O=S1(=O)CCCCC1c1nc(Cn2cnc3ccccc32)no1. The Bertz CT molecular complexity index is 944. The van der Waals surface area contributed by atoms with Gasteiger partial charge in [-0.05, 0) is 25.0 Å². The third-order valence-electron chi connectivity index (χ3n) is 4.18. The Hall–Kier alpha value is -2.22. The predicted molar refractivity (Wildman–Crippen MR) is 83.5 cm³/mol. The van der Waals surface area contributed by atoms with Gasteiger partial charge in [-0.15, -0.1) is 0 Å². The topological polar surface area (TPSA) is 90.9 Å². The summed E-state index contributed by atoms with van der Waals surface area (Å²) in [6, 6.07) is 7.77. The minimum Gasteiger partial charge on any atom is -0.338 e. The van der Waals surface area contributed by atoms with Gasteiger partial charge in [0, 0.05) is 0 Å². The minimum absolute atomic E-state index is 0.196. The molecule has 7 nitrogen and oxygen atoms in total. The van der Waals surface area contributed by atoms with Crippen LogP contribution in [0.15, 0.2) is 35.1 Å². The summed E-state index contributed by atoms with van der Waals surface area (Å²) in [7, 11) is -3.18. The van der Waals surface area contributed by atoms with Crippen LogP contribution in [0.1, 0.15) is 36.2 Å². The summed E-state index contributed by atoms with van der Waals surface area (Å²) < 4.78 is 31.4. The number of aromatic nitrogens is 4. The largest absolute Gasteiger partial charge is 0.338 e. The average molecular weight is 332 g/mol. The molecular weight excluding hydrogens is 316 g/mol. The highest BCUT2D eigenvalue weighted by atomic mass is 32.2. The summed E-state index contributed by atoms with van der Waals surface area (Å²) in [5, 5.41) is 3.28. The van der Waals surface area contributed by atoms with Crippen molar-refractivity contribution in [3.63, 3.8) is 0 Å². The number of fused-ring (bicyclic) bond motifs is 1. The van der Waals surface area contributed by atoms with Gasteiger partial charge >= 0.3 is 0 Å². The molecule has 1 fully saturated rings. The van der Waals surface area contributed by atoms with Crippen LogP contribution in [-0.4, -0.2) is 33.9 Å². The maximum atomic E-state index is 12.1. The number of para-hydroxylation sites is 2. The van der Waals surface area contributed by atoms with Gasteiger partial charge in [-0.1, -0.05) is 23.7 Å². The maximum absolute atomic E-state index is 12.1. The summed E-state index contributed by atoms with van der Waals surface area (Å²) in [5.74, 6) is 0.870. The van der Waals surface area contributed by atoms with Gasteiger partial charge in [-0.2, -0.15) is 4.98 Å². The van der Waals surface area contributed by atoms with E-state index in [4.69, 9.17) is 4.52 Å². The van der Waals surface area contributed by atoms with E-state index in [0.717, 1.165) is 17.5 Å². The highest BCUT2D eigenvalue weighted by Gasteiger charge is 2.34. The van der Waals surface area contributed by atoms with E-state index < -0.39 is 15.1 Å². The Balaban J connectivity index is 1.61. The van der Waals surface area contributed by atoms with Gasteiger partial charge in [0.15, 0.2) is 15.7 Å². The van der Waals surface area contributed by atoms with Crippen molar-refractivity contribution in [3.05, 3.63) is 42.3 Å². The van der Waals surface area contributed by atoms with Gasteiger partial charge in [0.1, 0.15) is 5.25 Å². The van der Waals surface area contributed by atoms with Crippen molar-refractivity contribution < 1.29 is 12.9 Å². The molecule has 1 aliphatic heterocycles. The molecule has 1 aliphatic rings. The molecule has 120 valence electrons. The third-order valence-corrected chi connectivity index (χ3v) is 6.34. The zero-order valence-electron chi connectivity index (χ0n) is 12.4. The van der Waals surface area contributed by atoms with E-state index in [1.165, 1.54) is 0 Å². The Labute approximate surface area is 133 Å². The Morgan fingerprint density at radius 3 is 3.00 bits per heavy atom. The maximum Gasteiger partial charge on any atom is 0.245 e. The van der Waals surface area contributed by atoms with Crippen LogP contribution in [0.25, 0.3) is 11.0 Å². The monoisotopic (exact) mass is 332 g/mol. The van der Waals surface area contributed by atoms with Crippen molar-refractivity contribution in [1.82, 2.24) is 19.7 Å². The van der Waals surface area contributed by atoms with Crippen LogP contribution in [-0.2, 0) is 16.4 Å². The number of nitrogens with zero attached hydrogens (tertiary/aromatic N) is 4. The first-order valence-corrected chi connectivity index (χ1v) is 9.29. The summed E-state index contributed by atoms with van der Waals surface area (Å²) in [6.07, 6.45) is 3.85. The summed E-state index contributed by atoms with van der Waals surface area (Å²) in [6.45, 7) is 0.400. The first-order chi connectivity index (χ1) is 11.1. The molecule has 0 aliphatic carbocycles. The van der Waals surface area contributed by atoms with Gasteiger partial charge in [-0.25, -0.2) is 13.4 Å². The van der Waals surface area contributed by atoms with Crippen LogP contribution in [0, 0.1) is 0 Å². The number of benzene rings is 1. The van der Waals surface area contributed by atoms with E-state index in [9.17, 15) is 8.42 Å². The Morgan fingerprint density at radius 1 is 1.26 bits per heavy atom. The molecule has 0 N–H and O–H groups in total. The Morgan fingerprint density at radius 2 is 2.13 bits per heavy atom. The fraction of sp³-hybridized carbons (Fsp3) is 0.400. The fourth-order valence-electron chi connectivity index (χ4n) is 2.98. The second-order valence-electron chi connectivity index (χ2n) is 5.76. The van der Waals surface area contributed by atoms with E-state index in [0.29, 0.717) is 25.2 Å². The lowest BCUT2D eigenvalue weighted by Crippen LogP contribution is -2.21. The average Bonchev–Trinajstić information content (AvgIpc) is 3.15. The molecule has 3 aromatic rings. The molecule has 0 spiro atoms. The number of hydrogen-bond acceptors (Lipinski definition) is 6. The van der Waals surface area contributed by atoms with Gasteiger partial charge in [-0.3, -0.25) is 0 Å². The van der Waals surface area contributed by atoms with Crippen molar-refractivity contribution in [2.75, 3.05) is 5.75 Å². The first kappa shape index (κ1) is 14.4. The van der Waals surface area contributed by atoms with Crippen molar-refractivity contribution in [3.8, 4) is 0 Å². The number of sulfone groups is 1. The zero-order valence-corrected chi connectivity index (χ0v) is 13.2. The number of rotatable bonds is 3. The molecule has 0 amide bonds. The van der Waals surface area contributed by atoms with Crippen LogP contribution in [0.4, 0.5) is 0 Å². The third kappa shape index (κ3) is 2.63. The summed E-state index contributed by atoms with van der Waals surface area (Å²) >= 11 is 0. The smallest absolute Gasteiger partial charge is 0.245 e. The van der Waals surface area contributed by atoms with Gasteiger partial charge in [0.25, 0.3) is 0 Å². The van der Waals surface area contributed by atoms with E-state index in [2.05, 4.69) is 15.1 Å². The molecular formula is C15H16N4O3S. The van der Waals surface area contributed by atoms with Crippen molar-refractivity contribution in [2.45, 2.75) is 31.1 Å². The molecule has 23 heavy (non-hydrogen) atoms. The second kappa shape index (κ2) is 5.45. The van der Waals surface area contributed by atoms with Crippen molar-refractivity contribution >= 4 is 20.9 Å². The van der Waals surface area contributed by atoms with Gasteiger partial charge in [0.2, 0.25) is 5.89 Å². The highest BCUT2D eigenvalue weighted by Crippen LogP contribution is 2.32. The molecule has 0 saturated carbocycles. The minimum atomic E-state index is -3.18. The predicted octanol–water partition coefficient (Wildman–Crippen LogP) is 2.11. The quantitative estimate of drug-likeness (QED) is 0.729. The summed E-state index contributed by atoms with van der Waals surface area (Å²) in [5.41, 5.74) is 1.87. The molecule has 0 bridgehead atoms. The molecule has 3 heterocycles. The lowest BCUT2D eigenvalue weighted by Gasteiger charge is -2.18. The second-order valence-corrected chi connectivity index (χ2v) is 8.06. The molecule has 1 atom stereocenters. The van der Waals surface area contributed by atoms with Crippen LogP contribution in [0.2, 0.25) is 0 Å². The van der Waals surface area contributed by atoms with E-state index in [-0.39, 0.29) is 11.6 Å². The van der Waals surface area contributed by atoms with Crippen molar-refractivity contribution in [1.29, 1.82) is 0 Å². The van der Waals surface area contributed by atoms with Crippen LogP contribution >= 0.6 is 0 Å². The standard InChI is InChI=1S/C15H16N4O3S/c20-23(21)8-4-3-7-13(23)15-17-14(18-22-15)9-19-10-16-11-5-1-2-6-12(11)19/h1-2,5-6,10,13H,3-4,7-9H2. The number of imidazole rings is 1. The van der Waals surface area contributed by atoms with Crippen LogP contribution < -0.4 is 0 Å². The van der Waals surface area contributed by atoms with E-state index in [1.54, 1.807) is 6.33 Å². The zero-order chi connectivity index (χ0) is 15.9. The molecule has 4 rings (SSSR count). The lowest BCUT2D eigenvalue weighted by molar-refractivity contribution is 0.358. The Kier molecular flexibility index (Phi) is 3.41. The lowest BCUT2D eigenvalue weighted by atomic mass is 10.2. The van der Waals surface area contributed by atoms with E-state index in [1.807, 2.05) is 28.8 Å². The summed E-state index contributed by atoms with van der Waals surface area (Å²) in [4.78, 5) is 8.62. The molecule has 2 aromatic heterocycles. The van der Waals surface area contributed by atoms with E-state index >= 15 is 0 Å². The normalized spacial score (nSPS) is 20.8. The van der Waals surface area contributed by atoms with Crippen LogP contribution in [0.5, 0.6) is 0 Å². The number of hydrogen-bond donors (Lipinski definition) is 0. The fourth-order valence-corrected chi connectivity index (χ4v) is 4.80. The molecule has 1 saturated heterocycles. The molecule has 8 heteroatoms. The van der Waals surface area contributed by atoms with Crippen molar-refractivity contribution in [2.24, 2.45) is 0 Å².